The van der Waals surface area contributed by atoms with Crippen molar-refractivity contribution in [2.24, 2.45) is 0 Å². The van der Waals surface area contributed by atoms with Gasteiger partial charge in [-0.25, -0.2) is 11.4 Å². The van der Waals surface area contributed by atoms with E-state index in [1.54, 1.807) is 12.1 Å². The normalized spacial score (nSPS) is 13.7. The van der Waals surface area contributed by atoms with Crippen LogP contribution in [0.5, 0.6) is 0 Å². The SMILES string of the molecule is [C-]#[N+]C(C(=O)OCCOC)(C(=O)c1ccccc1C(F)(F)F)c1ccc(C(C)(C)C)cc1. The molecule has 0 radical (unpaired) electrons. The minimum atomic E-state index is -4.85. The van der Waals surface area contributed by atoms with Crippen LogP contribution in [-0.4, -0.2) is 32.1 Å². The highest BCUT2D eigenvalue weighted by Crippen LogP contribution is 2.38. The maximum atomic E-state index is 13.6. The fraction of sp³-hybridized carbons (Fsp3) is 0.375. The van der Waals surface area contributed by atoms with E-state index in [2.05, 4.69) is 4.85 Å². The van der Waals surface area contributed by atoms with E-state index in [1.807, 2.05) is 20.8 Å². The number of methoxy groups -OCH3 is 1. The van der Waals surface area contributed by atoms with E-state index in [-0.39, 0.29) is 24.2 Å². The lowest BCUT2D eigenvalue weighted by Gasteiger charge is -2.23. The van der Waals surface area contributed by atoms with Crippen LogP contribution in [-0.2, 0) is 31.4 Å². The smallest absolute Gasteiger partial charge is 0.417 e. The molecule has 0 aliphatic rings. The molecule has 2 aromatic rings. The number of rotatable bonds is 7. The molecule has 1 unspecified atom stereocenters. The number of benzene rings is 2. The van der Waals surface area contributed by atoms with E-state index < -0.39 is 34.6 Å². The zero-order valence-corrected chi connectivity index (χ0v) is 18.2. The molecule has 0 saturated heterocycles. The van der Waals surface area contributed by atoms with Gasteiger partial charge in [0.1, 0.15) is 6.61 Å². The number of carbonyl (C=O) groups excluding carboxylic acids is 2. The summed E-state index contributed by atoms with van der Waals surface area (Å²) in [6.45, 7) is 13.3. The molecule has 1 atom stereocenters. The van der Waals surface area contributed by atoms with Crippen molar-refractivity contribution >= 4 is 11.8 Å². The van der Waals surface area contributed by atoms with Gasteiger partial charge in [-0.05, 0) is 29.2 Å². The summed E-state index contributed by atoms with van der Waals surface area (Å²) in [5.41, 5.74) is -4.11. The first-order chi connectivity index (χ1) is 14.9. The summed E-state index contributed by atoms with van der Waals surface area (Å²) >= 11 is 0. The molecule has 0 aliphatic heterocycles. The Hall–Kier alpha value is -3.18. The van der Waals surface area contributed by atoms with Gasteiger partial charge in [0, 0.05) is 12.7 Å². The van der Waals surface area contributed by atoms with Crippen molar-refractivity contribution in [3.63, 3.8) is 0 Å². The Kier molecular flexibility index (Phi) is 7.47. The van der Waals surface area contributed by atoms with Gasteiger partial charge in [-0.3, -0.25) is 9.64 Å². The summed E-state index contributed by atoms with van der Waals surface area (Å²) in [4.78, 5) is 29.8. The highest BCUT2D eigenvalue weighted by molar-refractivity contribution is 6.19. The molecule has 0 heterocycles. The number of carbonyl (C=O) groups is 2. The molecular weight excluding hydrogens is 423 g/mol. The highest BCUT2D eigenvalue weighted by Gasteiger charge is 2.58. The fourth-order valence-corrected chi connectivity index (χ4v) is 3.16. The molecule has 0 aliphatic carbocycles. The number of hydrogen-bond donors (Lipinski definition) is 0. The van der Waals surface area contributed by atoms with Crippen molar-refractivity contribution in [3.05, 3.63) is 82.2 Å². The third kappa shape index (κ3) is 5.00. The van der Waals surface area contributed by atoms with Crippen molar-refractivity contribution in [3.8, 4) is 0 Å². The molecule has 170 valence electrons. The van der Waals surface area contributed by atoms with Gasteiger partial charge < -0.3 is 9.47 Å². The summed E-state index contributed by atoms with van der Waals surface area (Å²) in [5, 5.41) is 0. The van der Waals surface area contributed by atoms with Crippen molar-refractivity contribution < 1.29 is 32.2 Å². The lowest BCUT2D eigenvalue weighted by molar-refractivity contribution is -0.148. The van der Waals surface area contributed by atoms with Gasteiger partial charge in [0.25, 0.3) is 5.78 Å². The average molecular weight is 447 g/mol. The van der Waals surface area contributed by atoms with E-state index in [9.17, 15) is 22.8 Å². The van der Waals surface area contributed by atoms with Crippen LogP contribution in [0.2, 0.25) is 0 Å². The molecule has 2 rings (SSSR count). The molecule has 0 aromatic heterocycles. The fourth-order valence-electron chi connectivity index (χ4n) is 3.16. The van der Waals surface area contributed by atoms with E-state index in [0.29, 0.717) is 0 Å². The summed E-state index contributed by atoms with van der Waals surface area (Å²) in [6, 6.07) is 10.2. The van der Waals surface area contributed by atoms with Crippen LogP contribution >= 0.6 is 0 Å². The Bertz CT molecular complexity index is 1020. The molecule has 0 saturated carbocycles. The lowest BCUT2D eigenvalue weighted by Crippen LogP contribution is -2.43. The summed E-state index contributed by atoms with van der Waals surface area (Å²) in [6.07, 6.45) is -4.85. The van der Waals surface area contributed by atoms with Crippen LogP contribution in [0, 0.1) is 6.57 Å². The largest absolute Gasteiger partial charge is 0.457 e. The predicted molar refractivity (Wildman–Crippen MR) is 112 cm³/mol. The van der Waals surface area contributed by atoms with Crippen LogP contribution in [0.1, 0.15) is 47.8 Å². The summed E-state index contributed by atoms with van der Waals surface area (Å²) in [5.74, 6) is -2.55. The first-order valence-electron chi connectivity index (χ1n) is 9.76. The predicted octanol–water partition coefficient (Wildman–Crippen LogP) is 5.19. The molecule has 0 bridgehead atoms. The van der Waals surface area contributed by atoms with E-state index in [1.165, 1.54) is 25.3 Å². The minimum absolute atomic E-state index is 0.00386. The number of nitrogens with zero attached hydrogens (tertiary/aromatic N) is 1. The van der Waals surface area contributed by atoms with Crippen LogP contribution in [0.15, 0.2) is 48.5 Å². The Morgan fingerprint density at radius 1 is 0.938 bits per heavy atom. The molecular formula is C24H24F3NO4. The standard InChI is InChI=1S/C24H24F3NO4/c1-22(2,3)16-10-12-17(13-11-16)23(28-4,21(30)32-15-14-31-5)20(29)18-8-6-7-9-19(18)24(25,26)27/h6-13H,14-15H2,1-3,5H3. The molecule has 0 N–H and O–H groups in total. The number of alkyl halides is 3. The third-order valence-electron chi connectivity index (χ3n) is 4.96. The summed E-state index contributed by atoms with van der Waals surface area (Å²) < 4.78 is 50.6. The Labute approximate surface area is 185 Å². The van der Waals surface area contributed by atoms with Gasteiger partial charge in [0.05, 0.1) is 17.7 Å². The maximum Gasteiger partial charge on any atom is 0.417 e. The summed E-state index contributed by atoms with van der Waals surface area (Å²) in [7, 11) is 1.37. The molecule has 32 heavy (non-hydrogen) atoms. The second-order valence-corrected chi connectivity index (χ2v) is 8.15. The molecule has 0 spiro atoms. The zero-order chi connectivity index (χ0) is 24.2. The quantitative estimate of drug-likeness (QED) is 0.193. The molecule has 8 heteroatoms. The number of ketones is 1. The highest BCUT2D eigenvalue weighted by atomic mass is 19.4. The second kappa shape index (κ2) is 9.53. The van der Waals surface area contributed by atoms with Gasteiger partial charge in [-0.1, -0.05) is 51.1 Å². The van der Waals surface area contributed by atoms with E-state index >= 15 is 0 Å². The second-order valence-electron chi connectivity index (χ2n) is 8.15. The van der Waals surface area contributed by atoms with Crippen LogP contribution in [0.4, 0.5) is 13.2 Å². The van der Waals surface area contributed by atoms with Gasteiger partial charge in [0.15, 0.2) is 0 Å². The number of halogens is 3. The van der Waals surface area contributed by atoms with Gasteiger partial charge in [-0.2, -0.15) is 13.2 Å². The molecule has 0 amide bonds. The van der Waals surface area contributed by atoms with Crippen molar-refractivity contribution in [1.82, 2.24) is 0 Å². The minimum Gasteiger partial charge on any atom is -0.457 e. The van der Waals surface area contributed by atoms with Gasteiger partial charge in [-0.15, -0.1) is 0 Å². The Morgan fingerprint density at radius 2 is 1.50 bits per heavy atom. The Morgan fingerprint density at radius 3 is 2.00 bits per heavy atom. The number of esters is 1. The third-order valence-corrected chi connectivity index (χ3v) is 4.96. The zero-order valence-electron chi connectivity index (χ0n) is 18.2. The number of ether oxygens (including phenoxy) is 2. The van der Waals surface area contributed by atoms with Crippen molar-refractivity contribution in [2.75, 3.05) is 20.3 Å². The maximum absolute atomic E-state index is 13.6. The van der Waals surface area contributed by atoms with E-state index in [0.717, 1.165) is 23.8 Å². The first-order valence-corrected chi connectivity index (χ1v) is 9.76. The molecule has 2 aromatic carbocycles. The van der Waals surface area contributed by atoms with Gasteiger partial charge >= 0.3 is 17.7 Å². The van der Waals surface area contributed by atoms with Gasteiger partial charge in [0.2, 0.25) is 0 Å². The van der Waals surface area contributed by atoms with Crippen LogP contribution in [0.25, 0.3) is 4.85 Å². The monoisotopic (exact) mass is 447 g/mol. The van der Waals surface area contributed by atoms with Crippen molar-refractivity contribution in [1.29, 1.82) is 0 Å². The Balaban J connectivity index is 2.71. The van der Waals surface area contributed by atoms with Crippen molar-refractivity contribution in [2.45, 2.75) is 37.9 Å². The lowest BCUT2D eigenvalue weighted by atomic mass is 9.79. The van der Waals surface area contributed by atoms with Crippen LogP contribution in [0.3, 0.4) is 0 Å². The molecule has 5 nitrogen and oxygen atoms in total. The number of hydrogen-bond acceptors (Lipinski definition) is 4. The first kappa shape index (κ1) is 25.1. The van der Waals surface area contributed by atoms with E-state index in [4.69, 9.17) is 16.0 Å². The topological polar surface area (TPSA) is 57.0 Å². The van der Waals surface area contributed by atoms with Crippen LogP contribution < -0.4 is 0 Å². The molecule has 0 fully saturated rings. The average Bonchev–Trinajstić information content (AvgIpc) is 2.74. The number of Topliss-reactive ketones (excluding diaryl/α,β-unsaturated/α-hetero) is 1.